The van der Waals surface area contributed by atoms with Gasteiger partial charge in [-0.2, -0.15) is 9.61 Å². The third-order valence-electron chi connectivity index (χ3n) is 4.84. The summed E-state index contributed by atoms with van der Waals surface area (Å²) in [4.78, 5) is 21.3. The van der Waals surface area contributed by atoms with Crippen LogP contribution < -0.4 is 20.7 Å². The molecule has 3 aromatic heterocycles. The zero-order valence-electron chi connectivity index (χ0n) is 17.1. The minimum Gasteiger partial charge on any atom is -0.473 e. The van der Waals surface area contributed by atoms with Gasteiger partial charge in [-0.15, -0.1) is 0 Å². The Morgan fingerprint density at radius 1 is 1.30 bits per heavy atom. The molecule has 1 aliphatic rings. The maximum Gasteiger partial charge on any atom is 0.256 e. The van der Waals surface area contributed by atoms with Crippen LogP contribution in [0.3, 0.4) is 0 Å². The zero-order chi connectivity index (χ0) is 21.3. The Morgan fingerprint density at radius 2 is 2.10 bits per heavy atom. The number of halogens is 1. The molecule has 3 heterocycles. The molecule has 1 amide bonds. The molecule has 0 radical (unpaired) electrons. The number of aromatic nitrogens is 4. The summed E-state index contributed by atoms with van der Waals surface area (Å²) >= 11 is 0. The molecule has 30 heavy (non-hydrogen) atoms. The van der Waals surface area contributed by atoms with Gasteiger partial charge >= 0.3 is 0 Å². The van der Waals surface area contributed by atoms with E-state index in [-0.39, 0.29) is 23.9 Å². The van der Waals surface area contributed by atoms with Gasteiger partial charge in [0.05, 0.1) is 18.5 Å². The van der Waals surface area contributed by atoms with Crippen molar-refractivity contribution in [1.29, 1.82) is 0 Å². The highest BCUT2D eigenvalue weighted by molar-refractivity contribution is 6.00. The summed E-state index contributed by atoms with van der Waals surface area (Å²) < 4.78 is 21.0. The van der Waals surface area contributed by atoms with Gasteiger partial charge in [-0.1, -0.05) is 0 Å². The first-order chi connectivity index (χ1) is 14.4. The van der Waals surface area contributed by atoms with Gasteiger partial charge in [-0.05, 0) is 33.1 Å². The van der Waals surface area contributed by atoms with Gasteiger partial charge < -0.3 is 20.7 Å². The molecule has 0 unspecified atom stereocenters. The first-order valence-electron chi connectivity index (χ1n) is 9.91. The molecule has 0 saturated heterocycles. The van der Waals surface area contributed by atoms with Crippen LogP contribution >= 0.6 is 0 Å². The summed E-state index contributed by atoms with van der Waals surface area (Å²) in [6, 6.07) is 3.19. The number of carbonyl (C=O) groups is 1. The van der Waals surface area contributed by atoms with E-state index in [0.717, 1.165) is 25.5 Å². The second kappa shape index (κ2) is 8.13. The van der Waals surface area contributed by atoms with Gasteiger partial charge in [-0.25, -0.2) is 14.4 Å². The molecule has 9 nitrogen and oxygen atoms in total. The van der Waals surface area contributed by atoms with Crippen molar-refractivity contribution in [3.8, 4) is 5.88 Å². The van der Waals surface area contributed by atoms with Gasteiger partial charge in [0.25, 0.3) is 5.91 Å². The molecular weight excluding hydrogens is 389 g/mol. The Bertz CT molecular complexity index is 1080. The molecule has 1 aliphatic carbocycles. The number of hydrogen-bond acceptors (Lipinski definition) is 7. The standard InChI is InChI=1S/C20H24FN7O2/c1-11(2)30-20-15(7-12(21)9-23-20)26-16-8-17(22-3)28-18(27-16)14(10-24-28)19(29)25-13-5-4-6-13/h7-11,13,22H,4-6H2,1-3H3,(H,25,29)(H,26,27). The molecule has 0 aliphatic heterocycles. The average Bonchev–Trinajstić information content (AvgIpc) is 3.10. The van der Waals surface area contributed by atoms with Gasteiger partial charge in [-0.3, -0.25) is 4.79 Å². The number of amides is 1. The second-order valence-corrected chi connectivity index (χ2v) is 7.47. The summed E-state index contributed by atoms with van der Waals surface area (Å²) in [5.74, 6) is 0.550. The fourth-order valence-corrected chi connectivity index (χ4v) is 3.15. The van der Waals surface area contributed by atoms with Crippen LogP contribution in [0.1, 0.15) is 43.5 Å². The molecule has 158 valence electrons. The Hall–Kier alpha value is -3.43. The Labute approximate surface area is 173 Å². The number of ether oxygens (including phenoxy) is 1. The van der Waals surface area contributed by atoms with Crippen molar-refractivity contribution in [2.24, 2.45) is 0 Å². The smallest absolute Gasteiger partial charge is 0.256 e. The van der Waals surface area contributed by atoms with Crippen LogP contribution in [0.25, 0.3) is 5.65 Å². The van der Waals surface area contributed by atoms with E-state index in [1.165, 1.54) is 12.3 Å². The minimum absolute atomic E-state index is 0.136. The van der Waals surface area contributed by atoms with Gasteiger partial charge in [0.2, 0.25) is 5.88 Å². The fraction of sp³-hybridized carbons (Fsp3) is 0.400. The van der Waals surface area contributed by atoms with Crippen molar-refractivity contribution in [2.75, 3.05) is 17.7 Å². The lowest BCUT2D eigenvalue weighted by Gasteiger charge is -2.26. The highest BCUT2D eigenvalue weighted by Gasteiger charge is 2.23. The number of nitrogens with zero attached hydrogens (tertiary/aromatic N) is 4. The molecule has 0 spiro atoms. The number of nitrogens with one attached hydrogen (secondary N) is 3. The first kappa shape index (κ1) is 19.9. The van der Waals surface area contributed by atoms with E-state index in [9.17, 15) is 9.18 Å². The molecule has 0 aromatic carbocycles. The van der Waals surface area contributed by atoms with E-state index in [1.54, 1.807) is 17.6 Å². The Kier molecular flexibility index (Phi) is 5.39. The molecule has 4 rings (SSSR count). The van der Waals surface area contributed by atoms with Crippen LogP contribution in [0, 0.1) is 5.82 Å². The van der Waals surface area contributed by atoms with E-state index in [0.29, 0.717) is 28.5 Å². The number of hydrogen-bond donors (Lipinski definition) is 3. The van der Waals surface area contributed by atoms with E-state index in [2.05, 4.69) is 31.0 Å². The third kappa shape index (κ3) is 3.98. The zero-order valence-corrected chi connectivity index (χ0v) is 17.1. The van der Waals surface area contributed by atoms with Crippen LogP contribution in [0.4, 0.5) is 21.7 Å². The fourth-order valence-electron chi connectivity index (χ4n) is 3.15. The van der Waals surface area contributed by atoms with E-state index in [4.69, 9.17) is 4.74 Å². The molecular formula is C20H24FN7O2. The van der Waals surface area contributed by atoms with Crippen molar-refractivity contribution in [2.45, 2.75) is 45.3 Å². The predicted octanol–water partition coefficient (Wildman–Crippen LogP) is 3.12. The number of anilines is 3. The topological polar surface area (TPSA) is 105 Å². The van der Waals surface area contributed by atoms with E-state index in [1.807, 2.05) is 13.8 Å². The van der Waals surface area contributed by atoms with E-state index >= 15 is 0 Å². The van der Waals surface area contributed by atoms with Crippen LogP contribution in [0.15, 0.2) is 24.5 Å². The average molecular weight is 413 g/mol. The first-order valence-corrected chi connectivity index (χ1v) is 9.91. The van der Waals surface area contributed by atoms with Crippen molar-refractivity contribution in [3.63, 3.8) is 0 Å². The summed E-state index contributed by atoms with van der Waals surface area (Å²) in [5, 5.41) is 13.4. The molecule has 3 aromatic rings. The lowest BCUT2D eigenvalue weighted by Crippen LogP contribution is -2.39. The van der Waals surface area contributed by atoms with Crippen LogP contribution in [-0.4, -0.2) is 44.7 Å². The van der Waals surface area contributed by atoms with Crippen LogP contribution in [-0.2, 0) is 0 Å². The van der Waals surface area contributed by atoms with Gasteiger partial charge in [0.15, 0.2) is 5.65 Å². The lowest BCUT2D eigenvalue weighted by molar-refractivity contribution is 0.0918. The molecule has 10 heteroatoms. The number of carbonyl (C=O) groups excluding carboxylic acids is 1. The highest BCUT2D eigenvalue weighted by atomic mass is 19.1. The molecule has 0 atom stereocenters. The van der Waals surface area contributed by atoms with E-state index < -0.39 is 5.82 Å². The van der Waals surface area contributed by atoms with Crippen molar-refractivity contribution >= 4 is 28.9 Å². The number of fused-ring (bicyclic) bond motifs is 1. The monoisotopic (exact) mass is 413 g/mol. The predicted molar refractivity (Wildman–Crippen MR) is 111 cm³/mol. The van der Waals surface area contributed by atoms with Crippen LogP contribution in [0.2, 0.25) is 0 Å². The maximum absolute atomic E-state index is 13.8. The number of rotatable bonds is 7. The summed E-state index contributed by atoms with van der Waals surface area (Å²) in [5.41, 5.74) is 1.09. The molecule has 3 N–H and O–H groups in total. The van der Waals surface area contributed by atoms with Crippen molar-refractivity contribution < 1.29 is 13.9 Å². The SMILES string of the molecule is CNc1cc(Nc2cc(F)cnc2OC(C)C)nc2c(C(=O)NC3CCC3)cnn12. The minimum atomic E-state index is -0.506. The molecule has 0 bridgehead atoms. The largest absolute Gasteiger partial charge is 0.473 e. The lowest BCUT2D eigenvalue weighted by atomic mass is 9.93. The summed E-state index contributed by atoms with van der Waals surface area (Å²) in [6.07, 6.45) is 5.55. The molecule has 1 saturated carbocycles. The maximum atomic E-state index is 13.8. The van der Waals surface area contributed by atoms with Gasteiger partial charge in [0, 0.05) is 25.2 Å². The van der Waals surface area contributed by atoms with Crippen molar-refractivity contribution in [3.05, 3.63) is 35.9 Å². The van der Waals surface area contributed by atoms with Crippen molar-refractivity contribution in [1.82, 2.24) is 24.9 Å². The normalized spacial score (nSPS) is 13.9. The highest BCUT2D eigenvalue weighted by Crippen LogP contribution is 2.28. The Morgan fingerprint density at radius 3 is 2.77 bits per heavy atom. The second-order valence-electron chi connectivity index (χ2n) is 7.47. The third-order valence-corrected chi connectivity index (χ3v) is 4.84. The van der Waals surface area contributed by atoms with Gasteiger partial charge in [0.1, 0.15) is 28.7 Å². The summed E-state index contributed by atoms with van der Waals surface area (Å²) in [7, 11) is 1.74. The van der Waals surface area contributed by atoms with Crippen LogP contribution in [0.5, 0.6) is 5.88 Å². The quantitative estimate of drug-likeness (QED) is 0.546. The number of pyridine rings is 1. The molecule has 1 fully saturated rings. The summed E-state index contributed by atoms with van der Waals surface area (Å²) in [6.45, 7) is 3.72. The Balaban J connectivity index is 1.70.